The van der Waals surface area contributed by atoms with Gasteiger partial charge in [-0.25, -0.2) is 0 Å². The van der Waals surface area contributed by atoms with E-state index >= 15 is 0 Å². The number of allylic oxidation sites excluding steroid dienone is 1. The first-order valence-electron chi connectivity index (χ1n) is 8.24. The molecule has 20 heavy (non-hydrogen) atoms. The van der Waals surface area contributed by atoms with Crippen LogP contribution in [0.4, 0.5) is 0 Å². The molecule has 1 N–H and O–H groups in total. The van der Waals surface area contributed by atoms with Crippen LogP contribution in [0.15, 0.2) is 11.6 Å². The van der Waals surface area contributed by atoms with Crippen LogP contribution in [0, 0.1) is 5.92 Å². The average Bonchev–Trinajstić information content (AvgIpc) is 2.41. The Bertz CT molecular complexity index is 264. The van der Waals surface area contributed by atoms with Gasteiger partial charge >= 0.3 is 0 Å². The number of rotatable bonds is 9. The molecule has 0 unspecified atom stereocenters. The summed E-state index contributed by atoms with van der Waals surface area (Å²) >= 11 is 0. The van der Waals surface area contributed by atoms with E-state index < -0.39 is 0 Å². The summed E-state index contributed by atoms with van der Waals surface area (Å²) in [4.78, 5) is 2.55. The molecule has 0 spiro atoms. The van der Waals surface area contributed by atoms with Crippen LogP contribution < -0.4 is 5.32 Å². The summed E-state index contributed by atoms with van der Waals surface area (Å²) in [7, 11) is 0. The highest BCUT2D eigenvalue weighted by Crippen LogP contribution is 2.10. The lowest BCUT2D eigenvalue weighted by Gasteiger charge is -2.31. The molecule has 1 aliphatic heterocycles. The summed E-state index contributed by atoms with van der Waals surface area (Å²) < 4.78 is 5.60. The van der Waals surface area contributed by atoms with E-state index in [0.29, 0.717) is 12.0 Å². The fraction of sp³-hybridized carbons (Fsp3) is 0.882. The summed E-state index contributed by atoms with van der Waals surface area (Å²) in [5.74, 6) is 0.646. The van der Waals surface area contributed by atoms with Crippen LogP contribution in [0.2, 0.25) is 0 Å². The zero-order valence-electron chi connectivity index (χ0n) is 14.0. The largest absolute Gasteiger partial charge is 0.381 e. The van der Waals surface area contributed by atoms with Gasteiger partial charge in [-0.3, -0.25) is 4.90 Å². The molecule has 0 amide bonds. The number of ether oxygens (including phenoxy) is 1. The first-order valence-corrected chi connectivity index (χ1v) is 8.24. The Kier molecular flexibility index (Phi) is 9.16. The molecule has 0 saturated carbocycles. The maximum Gasteiger partial charge on any atom is 0.0489 e. The lowest BCUT2D eigenvalue weighted by atomic mass is 10.0. The normalized spacial score (nSPS) is 17.6. The first kappa shape index (κ1) is 17.7. The van der Waals surface area contributed by atoms with Gasteiger partial charge in [0.15, 0.2) is 0 Å². The molecule has 1 rings (SSSR count). The SMILES string of the molecule is CC(C)=CCN1CCC(NCCCOCC(C)C)CC1. The third-order valence-corrected chi connectivity index (χ3v) is 3.69. The van der Waals surface area contributed by atoms with Gasteiger partial charge < -0.3 is 10.1 Å². The van der Waals surface area contributed by atoms with Crippen LogP contribution in [-0.4, -0.2) is 50.3 Å². The maximum atomic E-state index is 5.60. The third-order valence-electron chi connectivity index (χ3n) is 3.69. The van der Waals surface area contributed by atoms with Crippen LogP contribution in [0.1, 0.15) is 47.0 Å². The molecule has 0 aromatic heterocycles. The Morgan fingerprint density at radius 3 is 2.60 bits per heavy atom. The zero-order valence-corrected chi connectivity index (χ0v) is 14.0. The minimum atomic E-state index is 0.646. The molecule has 1 fully saturated rings. The molecule has 0 aromatic rings. The zero-order chi connectivity index (χ0) is 14.8. The minimum Gasteiger partial charge on any atom is -0.381 e. The Labute approximate surface area is 125 Å². The molecule has 1 heterocycles. The predicted molar refractivity (Wildman–Crippen MR) is 87.2 cm³/mol. The fourth-order valence-electron chi connectivity index (χ4n) is 2.43. The van der Waals surface area contributed by atoms with Gasteiger partial charge in [-0.1, -0.05) is 25.5 Å². The van der Waals surface area contributed by atoms with Crippen molar-refractivity contribution in [3.8, 4) is 0 Å². The quantitative estimate of drug-likeness (QED) is 0.519. The first-order chi connectivity index (χ1) is 9.58. The molecular formula is C17H34N2O. The molecule has 3 heteroatoms. The van der Waals surface area contributed by atoms with Gasteiger partial charge in [0.25, 0.3) is 0 Å². The molecule has 0 atom stereocenters. The molecule has 1 aliphatic rings. The number of hydrogen-bond acceptors (Lipinski definition) is 3. The summed E-state index contributed by atoms with van der Waals surface area (Å²) in [5, 5.41) is 3.67. The molecule has 118 valence electrons. The van der Waals surface area contributed by atoms with E-state index in [1.165, 1.54) is 31.5 Å². The molecule has 0 aromatic carbocycles. The summed E-state index contributed by atoms with van der Waals surface area (Å²) in [5.41, 5.74) is 1.42. The highest BCUT2D eigenvalue weighted by molar-refractivity contribution is 4.95. The van der Waals surface area contributed by atoms with Gasteiger partial charge in [0.2, 0.25) is 0 Å². The number of nitrogens with one attached hydrogen (secondary N) is 1. The lowest BCUT2D eigenvalue weighted by molar-refractivity contribution is 0.106. The monoisotopic (exact) mass is 282 g/mol. The van der Waals surface area contributed by atoms with Gasteiger partial charge in [0.05, 0.1) is 0 Å². The van der Waals surface area contributed by atoms with E-state index in [9.17, 15) is 0 Å². The molecule has 0 bridgehead atoms. The second-order valence-electron chi connectivity index (χ2n) is 6.63. The van der Waals surface area contributed by atoms with Crippen molar-refractivity contribution in [1.82, 2.24) is 10.2 Å². The van der Waals surface area contributed by atoms with Crippen molar-refractivity contribution in [2.24, 2.45) is 5.92 Å². The van der Waals surface area contributed by atoms with Gasteiger partial charge in [-0.05, 0) is 58.7 Å². The van der Waals surface area contributed by atoms with Gasteiger partial charge in [0.1, 0.15) is 0 Å². The van der Waals surface area contributed by atoms with E-state index in [-0.39, 0.29) is 0 Å². The molecule has 0 aliphatic carbocycles. The van der Waals surface area contributed by atoms with Crippen molar-refractivity contribution in [2.75, 3.05) is 39.4 Å². The van der Waals surface area contributed by atoms with Gasteiger partial charge in [0, 0.05) is 25.8 Å². The van der Waals surface area contributed by atoms with Gasteiger partial charge in [-0.15, -0.1) is 0 Å². The minimum absolute atomic E-state index is 0.646. The van der Waals surface area contributed by atoms with E-state index in [4.69, 9.17) is 4.74 Å². The van der Waals surface area contributed by atoms with Crippen molar-refractivity contribution in [2.45, 2.75) is 53.0 Å². The standard InChI is InChI=1S/C17H34N2O/c1-15(2)6-10-19-11-7-17(8-12-19)18-9-5-13-20-14-16(3)4/h6,16-18H,5,7-14H2,1-4H3. The topological polar surface area (TPSA) is 24.5 Å². The van der Waals surface area contributed by atoms with Crippen LogP contribution in [0.25, 0.3) is 0 Å². The molecule has 3 nitrogen and oxygen atoms in total. The average molecular weight is 282 g/mol. The third kappa shape index (κ3) is 8.72. The number of likely N-dealkylation sites (tertiary alicyclic amines) is 1. The predicted octanol–water partition coefficient (Wildman–Crippen LogP) is 3.07. The lowest BCUT2D eigenvalue weighted by Crippen LogP contribution is -2.42. The molecule has 0 radical (unpaired) electrons. The smallest absolute Gasteiger partial charge is 0.0489 e. The summed E-state index contributed by atoms with van der Waals surface area (Å²) in [6, 6.07) is 0.711. The maximum absolute atomic E-state index is 5.60. The van der Waals surface area contributed by atoms with Crippen molar-refractivity contribution >= 4 is 0 Å². The summed E-state index contributed by atoms with van der Waals surface area (Å²) in [6.07, 6.45) is 6.03. The second kappa shape index (κ2) is 10.4. The van der Waals surface area contributed by atoms with Crippen molar-refractivity contribution in [1.29, 1.82) is 0 Å². The number of nitrogens with zero attached hydrogens (tertiary/aromatic N) is 1. The Hall–Kier alpha value is -0.380. The van der Waals surface area contributed by atoms with Crippen LogP contribution >= 0.6 is 0 Å². The van der Waals surface area contributed by atoms with Crippen LogP contribution in [0.3, 0.4) is 0 Å². The van der Waals surface area contributed by atoms with E-state index in [2.05, 4.69) is 44.0 Å². The second-order valence-corrected chi connectivity index (χ2v) is 6.63. The van der Waals surface area contributed by atoms with Gasteiger partial charge in [-0.2, -0.15) is 0 Å². The van der Waals surface area contributed by atoms with Crippen molar-refractivity contribution in [3.63, 3.8) is 0 Å². The Morgan fingerprint density at radius 1 is 1.30 bits per heavy atom. The van der Waals surface area contributed by atoms with Crippen LogP contribution in [0.5, 0.6) is 0 Å². The van der Waals surface area contributed by atoms with E-state index in [1.54, 1.807) is 0 Å². The Balaban J connectivity index is 1.98. The summed E-state index contributed by atoms with van der Waals surface area (Å²) in [6.45, 7) is 15.2. The highest BCUT2D eigenvalue weighted by Gasteiger charge is 2.17. The van der Waals surface area contributed by atoms with Crippen molar-refractivity contribution in [3.05, 3.63) is 11.6 Å². The molecular weight excluding hydrogens is 248 g/mol. The fourth-order valence-corrected chi connectivity index (χ4v) is 2.43. The van der Waals surface area contributed by atoms with E-state index in [0.717, 1.165) is 32.7 Å². The number of hydrogen-bond donors (Lipinski definition) is 1. The number of piperidine rings is 1. The van der Waals surface area contributed by atoms with E-state index in [1.807, 2.05) is 0 Å². The Morgan fingerprint density at radius 2 is 2.00 bits per heavy atom. The van der Waals surface area contributed by atoms with Crippen LogP contribution in [-0.2, 0) is 4.74 Å². The molecule has 1 saturated heterocycles. The van der Waals surface area contributed by atoms with Crippen molar-refractivity contribution < 1.29 is 4.74 Å². The highest BCUT2D eigenvalue weighted by atomic mass is 16.5.